The minimum atomic E-state index is 0.689. The molecule has 1 N–H and O–H groups in total. The lowest BCUT2D eigenvalue weighted by atomic mass is 10.2. The summed E-state index contributed by atoms with van der Waals surface area (Å²) in [5, 5.41) is 7.07. The quantitative estimate of drug-likeness (QED) is 0.651. The molecule has 0 saturated carbocycles. The van der Waals surface area contributed by atoms with Gasteiger partial charge in [0.15, 0.2) is 4.77 Å². The van der Waals surface area contributed by atoms with E-state index in [2.05, 4.69) is 30.1 Å². The van der Waals surface area contributed by atoms with Crippen LogP contribution in [0, 0.1) is 11.7 Å². The largest absolute Gasteiger partial charge is 0.493 e. The number of benzene rings is 1. The van der Waals surface area contributed by atoms with Gasteiger partial charge in [0.05, 0.1) is 6.61 Å². The molecule has 19 heavy (non-hydrogen) atoms. The van der Waals surface area contributed by atoms with Gasteiger partial charge in [-0.25, -0.2) is 0 Å². The number of hydrogen-bond acceptors (Lipinski definition) is 3. The predicted molar refractivity (Wildman–Crippen MR) is 78.1 cm³/mol. The van der Waals surface area contributed by atoms with E-state index in [-0.39, 0.29) is 0 Å². The molecule has 0 atom stereocenters. The molecule has 1 heterocycles. The lowest BCUT2D eigenvalue weighted by molar-refractivity contribution is 0.307. The third kappa shape index (κ3) is 3.44. The minimum Gasteiger partial charge on any atom is -0.493 e. The van der Waals surface area contributed by atoms with Crippen LogP contribution in [0.3, 0.4) is 0 Å². The summed E-state index contributed by atoms with van der Waals surface area (Å²) in [7, 11) is 0. The summed E-state index contributed by atoms with van der Waals surface area (Å²) in [4.78, 5) is 0. The second-order valence-corrected chi connectivity index (χ2v) is 4.79. The van der Waals surface area contributed by atoms with Gasteiger partial charge in [0.25, 0.3) is 0 Å². The molecule has 102 valence electrons. The molecule has 0 radical (unpaired) electrons. The maximum atomic E-state index is 5.77. The summed E-state index contributed by atoms with van der Waals surface area (Å²) in [5.41, 5.74) is 1.17. The van der Waals surface area contributed by atoms with Crippen LogP contribution in [0.4, 0.5) is 0 Å². The van der Waals surface area contributed by atoms with Gasteiger partial charge in [-0.1, -0.05) is 18.2 Å². The number of nitrogens with one attached hydrogen (secondary N) is 1. The van der Waals surface area contributed by atoms with Crippen molar-refractivity contribution < 1.29 is 4.74 Å². The zero-order valence-corrected chi connectivity index (χ0v) is 12.2. The highest BCUT2D eigenvalue weighted by atomic mass is 32.1. The van der Waals surface area contributed by atoms with E-state index >= 15 is 0 Å². The number of aromatic amines is 1. The van der Waals surface area contributed by atoms with Gasteiger partial charge in [-0.2, -0.15) is 5.10 Å². The summed E-state index contributed by atoms with van der Waals surface area (Å²) in [5.74, 6) is 1.96. The Bertz CT molecular complexity index is 588. The molecule has 1 aromatic carbocycles. The van der Waals surface area contributed by atoms with E-state index in [1.165, 1.54) is 5.56 Å². The molecule has 4 nitrogen and oxygen atoms in total. The van der Waals surface area contributed by atoms with E-state index in [0.717, 1.165) is 31.0 Å². The van der Waals surface area contributed by atoms with Crippen LogP contribution in [0.5, 0.6) is 5.75 Å². The van der Waals surface area contributed by atoms with E-state index < -0.39 is 0 Å². The van der Waals surface area contributed by atoms with Crippen LogP contribution in [0.2, 0.25) is 0 Å². The van der Waals surface area contributed by atoms with Crippen LogP contribution in [-0.4, -0.2) is 21.4 Å². The standard InChI is InChI=1S/C14H19N3OS/c1-3-17-13(15-16-14(17)19)9-6-10-18-12-8-5-4-7-11(12)2/h4-5,7-8H,3,6,9-10H2,1-2H3,(H,16,19). The minimum absolute atomic E-state index is 0.689. The van der Waals surface area contributed by atoms with Crippen LogP contribution in [0.1, 0.15) is 24.7 Å². The smallest absolute Gasteiger partial charge is 0.195 e. The van der Waals surface area contributed by atoms with Crippen molar-refractivity contribution in [3.05, 3.63) is 40.4 Å². The number of nitrogens with zero attached hydrogens (tertiary/aromatic N) is 2. The second kappa shape index (κ2) is 6.52. The average molecular weight is 277 g/mol. The number of ether oxygens (including phenoxy) is 1. The van der Waals surface area contributed by atoms with Crippen LogP contribution >= 0.6 is 12.2 Å². The Kier molecular flexibility index (Phi) is 4.74. The molecule has 0 amide bonds. The monoisotopic (exact) mass is 277 g/mol. The van der Waals surface area contributed by atoms with Gasteiger partial charge in [0.2, 0.25) is 0 Å². The van der Waals surface area contributed by atoms with Gasteiger partial charge >= 0.3 is 0 Å². The first kappa shape index (κ1) is 13.8. The number of aromatic nitrogens is 3. The van der Waals surface area contributed by atoms with E-state index in [9.17, 15) is 0 Å². The highest BCUT2D eigenvalue weighted by Crippen LogP contribution is 2.16. The van der Waals surface area contributed by atoms with E-state index in [0.29, 0.717) is 11.4 Å². The highest BCUT2D eigenvalue weighted by Gasteiger charge is 2.04. The molecular formula is C14H19N3OS. The fourth-order valence-electron chi connectivity index (χ4n) is 2.00. The van der Waals surface area contributed by atoms with E-state index in [1.807, 2.05) is 22.8 Å². The molecule has 0 aliphatic rings. The molecule has 0 aliphatic carbocycles. The molecule has 0 fully saturated rings. The van der Waals surface area contributed by atoms with Crippen molar-refractivity contribution in [1.82, 2.24) is 14.8 Å². The molecule has 5 heteroatoms. The van der Waals surface area contributed by atoms with E-state index in [4.69, 9.17) is 17.0 Å². The van der Waals surface area contributed by atoms with Gasteiger partial charge in [-0.15, -0.1) is 0 Å². The van der Waals surface area contributed by atoms with Crippen molar-refractivity contribution in [2.45, 2.75) is 33.2 Å². The second-order valence-electron chi connectivity index (χ2n) is 4.41. The third-order valence-corrected chi connectivity index (χ3v) is 3.36. The molecule has 0 saturated heterocycles. The molecular weight excluding hydrogens is 258 g/mol. The van der Waals surface area contributed by atoms with Gasteiger partial charge in [0, 0.05) is 13.0 Å². The third-order valence-electron chi connectivity index (χ3n) is 3.05. The van der Waals surface area contributed by atoms with Crippen molar-refractivity contribution in [2.24, 2.45) is 0 Å². The fourth-order valence-corrected chi connectivity index (χ4v) is 2.28. The highest BCUT2D eigenvalue weighted by molar-refractivity contribution is 7.71. The number of rotatable bonds is 6. The van der Waals surface area contributed by atoms with E-state index in [1.54, 1.807) is 0 Å². The molecule has 0 bridgehead atoms. The summed E-state index contributed by atoms with van der Waals surface area (Å²) >= 11 is 5.16. The Morgan fingerprint density at radius 2 is 2.16 bits per heavy atom. The van der Waals surface area contributed by atoms with Gasteiger partial charge in [0.1, 0.15) is 11.6 Å². The molecule has 0 aliphatic heterocycles. The normalized spacial score (nSPS) is 10.6. The molecule has 2 rings (SSSR count). The van der Waals surface area contributed by atoms with Crippen molar-refractivity contribution in [2.75, 3.05) is 6.61 Å². The van der Waals surface area contributed by atoms with Crippen molar-refractivity contribution in [1.29, 1.82) is 0 Å². The Hall–Kier alpha value is -1.62. The maximum Gasteiger partial charge on any atom is 0.195 e. The molecule has 2 aromatic rings. The van der Waals surface area contributed by atoms with Crippen molar-refractivity contribution in [3.8, 4) is 5.75 Å². The first-order valence-corrected chi connectivity index (χ1v) is 6.95. The molecule has 1 aromatic heterocycles. The number of para-hydroxylation sites is 1. The zero-order valence-electron chi connectivity index (χ0n) is 11.3. The Morgan fingerprint density at radius 1 is 1.37 bits per heavy atom. The summed E-state index contributed by atoms with van der Waals surface area (Å²) in [6, 6.07) is 8.06. The first-order chi connectivity index (χ1) is 9.22. The maximum absolute atomic E-state index is 5.77. The van der Waals surface area contributed by atoms with Gasteiger partial charge in [-0.05, 0) is 44.1 Å². The number of aryl methyl sites for hydroxylation is 2. The van der Waals surface area contributed by atoms with Crippen molar-refractivity contribution >= 4 is 12.2 Å². The SMILES string of the molecule is CCn1c(CCCOc2ccccc2C)n[nH]c1=S. The average Bonchev–Trinajstić information content (AvgIpc) is 2.77. The summed E-state index contributed by atoms with van der Waals surface area (Å²) in [6.07, 6.45) is 1.79. The summed E-state index contributed by atoms with van der Waals surface area (Å²) < 4.78 is 8.47. The van der Waals surface area contributed by atoms with Gasteiger partial charge in [-0.3, -0.25) is 5.10 Å². The summed E-state index contributed by atoms with van der Waals surface area (Å²) in [6.45, 7) is 5.66. The Balaban J connectivity index is 1.84. The predicted octanol–water partition coefficient (Wildman–Crippen LogP) is 3.28. The fraction of sp³-hybridized carbons (Fsp3) is 0.429. The van der Waals surface area contributed by atoms with Gasteiger partial charge < -0.3 is 9.30 Å². The zero-order chi connectivity index (χ0) is 13.7. The lowest BCUT2D eigenvalue weighted by Crippen LogP contribution is -2.06. The van der Waals surface area contributed by atoms with Crippen LogP contribution in [-0.2, 0) is 13.0 Å². The Labute approximate surface area is 118 Å². The molecule has 0 spiro atoms. The van der Waals surface area contributed by atoms with Crippen LogP contribution in [0.25, 0.3) is 0 Å². The Morgan fingerprint density at radius 3 is 2.89 bits per heavy atom. The van der Waals surface area contributed by atoms with Crippen molar-refractivity contribution in [3.63, 3.8) is 0 Å². The topological polar surface area (TPSA) is 42.8 Å². The number of hydrogen-bond donors (Lipinski definition) is 1. The lowest BCUT2D eigenvalue weighted by Gasteiger charge is -2.08. The van der Waals surface area contributed by atoms with Crippen LogP contribution in [0.15, 0.2) is 24.3 Å². The number of H-pyrrole nitrogens is 1. The molecule has 0 unspecified atom stereocenters. The van der Waals surface area contributed by atoms with Crippen LogP contribution < -0.4 is 4.74 Å². The first-order valence-electron chi connectivity index (χ1n) is 6.55.